The predicted octanol–water partition coefficient (Wildman–Crippen LogP) is 1.48. The van der Waals surface area contributed by atoms with Crippen LogP contribution in [0.4, 0.5) is 0 Å². The van der Waals surface area contributed by atoms with E-state index in [0.29, 0.717) is 13.0 Å². The Bertz CT molecular complexity index is 550. The molecule has 0 saturated carbocycles. The normalized spacial score (nSPS) is 23.8. The number of methoxy groups -OCH3 is 1. The van der Waals surface area contributed by atoms with Crippen LogP contribution in [0.25, 0.3) is 0 Å². The molecule has 3 rings (SSSR count). The molecule has 1 fully saturated rings. The highest BCUT2D eigenvalue weighted by Gasteiger charge is 2.29. The standard InChI is InChI=1S/C16H20N2O4/c1-20-12-6-4-11(5-7-12)14-9-15(22-18-14)16(19)17-10-13-3-2-8-21-13/h4-7,13,15H,2-3,8-10H2,1H3,(H,17,19)/t13-,15-/m1/s1. The Kier molecular flexibility index (Phi) is 4.58. The number of nitrogens with one attached hydrogen (secondary N) is 1. The van der Waals surface area contributed by atoms with Crippen LogP contribution in [0.15, 0.2) is 29.4 Å². The number of hydrogen-bond donors (Lipinski definition) is 1. The lowest BCUT2D eigenvalue weighted by Gasteiger charge is -2.13. The first kappa shape index (κ1) is 14.8. The molecule has 0 bridgehead atoms. The highest BCUT2D eigenvalue weighted by atomic mass is 16.6. The van der Waals surface area contributed by atoms with E-state index in [2.05, 4.69) is 10.5 Å². The largest absolute Gasteiger partial charge is 0.497 e. The Morgan fingerprint density at radius 1 is 1.41 bits per heavy atom. The molecule has 1 aromatic carbocycles. The maximum atomic E-state index is 12.1. The maximum absolute atomic E-state index is 12.1. The minimum absolute atomic E-state index is 0.132. The van der Waals surface area contributed by atoms with Crippen molar-refractivity contribution in [1.82, 2.24) is 5.32 Å². The van der Waals surface area contributed by atoms with Gasteiger partial charge in [0.25, 0.3) is 5.91 Å². The third-order valence-electron chi connectivity index (χ3n) is 3.91. The summed E-state index contributed by atoms with van der Waals surface area (Å²) in [4.78, 5) is 17.4. The predicted molar refractivity (Wildman–Crippen MR) is 81.0 cm³/mol. The van der Waals surface area contributed by atoms with Gasteiger partial charge in [0.1, 0.15) is 5.75 Å². The van der Waals surface area contributed by atoms with Crippen LogP contribution in [0.1, 0.15) is 24.8 Å². The number of carbonyl (C=O) groups excluding carboxylic acids is 1. The van der Waals surface area contributed by atoms with Gasteiger partial charge in [-0.15, -0.1) is 0 Å². The number of ether oxygens (including phenoxy) is 2. The zero-order valence-electron chi connectivity index (χ0n) is 12.6. The van der Waals surface area contributed by atoms with Crippen LogP contribution in [0.5, 0.6) is 5.75 Å². The van der Waals surface area contributed by atoms with Gasteiger partial charge in [0.15, 0.2) is 0 Å². The topological polar surface area (TPSA) is 69.2 Å². The molecule has 2 heterocycles. The van der Waals surface area contributed by atoms with Crippen molar-refractivity contribution in [2.75, 3.05) is 20.3 Å². The third kappa shape index (κ3) is 3.39. The van der Waals surface area contributed by atoms with Crippen molar-refractivity contribution in [1.29, 1.82) is 0 Å². The molecule has 2 aliphatic rings. The number of hydrogen-bond acceptors (Lipinski definition) is 5. The molecule has 118 valence electrons. The van der Waals surface area contributed by atoms with Crippen LogP contribution in [0.2, 0.25) is 0 Å². The Labute approximate surface area is 129 Å². The van der Waals surface area contributed by atoms with Gasteiger partial charge in [-0.3, -0.25) is 4.79 Å². The lowest BCUT2D eigenvalue weighted by molar-refractivity contribution is -0.131. The monoisotopic (exact) mass is 304 g/mol. The summed E-state index contributed by atoms with van der Waals surface area (Å²) in [6.45, 7) is 1.32. The van der Waals surface area contributed by atoms with Gasteiger partial charge in [-0.2, -0.15) is 0 Å². The van der Waals surface area contributed by atoms with Gasteiger partial charge in [0, 0.05) is 19.6 Å². The van der Waals surface area contributed by atoms with E-state index in [1.165, 1.54) is 0 Å². The SMILES string of the molecule is COc1ccc(C2=NO[C@@H](C(=O)NC[C@H]3CCCO3)C2)cc1. The van der Waals surface area contributed by atoms with Gasteiger partial charge in [-0.1, -0.05) is 5.16 Å². The van der Waals surface area contributed by atoms with Gasteiger partial charge in [-0.05, 0) is 42.7 Å². The summed E-state index contributed by atoms with van der Waals surface area (Å²) in [6.07, 6.45) is 2.11. The summed E-state index contributed by atoms with van der Waals surface area (Å²) >= 11 is 0. The lowest BCUT2D eigenvalue weighted by atomic mass is 10.0. The zero-order chi connectivity index (χ0) is 15.4. The summed E-state index contributed by atoms with van der Waals surface area (Å²) < 4.78 is 10.6. The highest BCUT2D eigenvalue weighted by molar-refractivity contribution is 6.04. The van der Waals surface area contributed by atoms with Crippen molar-refractivity contribution in [2.24, 2.45) is 5.16 Å². The van der Waals surface area contributed by atoms with Crippen LogP contribution in [0.3, 0.4) is 0 Å². The van der Waals surface area contributed by atoms with Crippen molar-refractivity contribution >= 4 is 11.6 Å². The molecule has 2 atom stereocenters. The molecule has 0 unspecified atom stereocenters. The van der Waals surface area contributed by atoms with Gasteiger partial charge >= 0.3 is 0 Å². The molecule has 1 saturated heterocycles. The first-order chi connectivity index (χ1) is 10.8. The molecule has 22 heavy (non-hydrogen) atoms. The smallest absolute Gasteiger partial charge is 0.264 e. The summed E-state index contributed by atoms with van der Waals surface area (Å²) in [6, 6.07) is 7.55. The molecular formula is C16H20N2O4. The van der Waals surface area contributed by atoms with Crippen LogP contribution < -0.4 is 10.1 Å². The third-order valence-corrected chi connectivity index (χ3v) is 3.91. The van der Waals surface area contributed by atoms with Gasteiger partial charge < -0.3 is 19.6 Å². The van der Waals surface area contributed by atoms with Crippen molar-refractivity contribution in [3.63, 3.8) is 0 Å². The summed E-state index contributed by atoms with van der Waals surface area (Å²) in [5.74, 6) is 0.650. The Hall–Kier alpha value is -2.08. The van der Waals surface area contributed by atoms with Crippen molar-refractivity contribution in [2.45, 2.75) is 31.5 Å². The van der Waals surface area contributed by atoms with E-state index < -0.39 is 6.10 Å². The number of nitrogens with zero attached hydrogens (tertiary/aromatic N) is 1. The van der Waals surface area contributed by atoms with Crippen LogP contribution in [0, 0.1) is 0 Å². The van der Waals surface area contributed by atoms with Crippen LogP contribution in [-0.4, -0.2) is 44.1 Å². The Morgan fingerprint density at radius 2 is 2.23 bits per heavy atom. The molecule has 0 spiro atoms. The first-order valence-corrected chi connectivity index (χ1v) is 7.52. The molecular weight excluding hydrogens is 284 g/mol. The fourth-order valence-electron chi connectivity index (χ4n) is 2.61. The van der Waals surface area contributed by atoms with E-state index >= 15 is 0 Å². The second kappa shape index (κ2) is 6.79. The quantitative estimate of drug-likeness (QED) is 0.894. The Balaban J connectivity index is 1.50. The molecule has 1 N–H and O–H groups in total. The number of rotatable bonds is 5. The van der Waals surface area contributed by atoms with E-state index in [-0.39, 0.29) is 12.0 Å². The molecule has 1 aromatic rings. The number of oxime groups is 1. The van der Waals surface area contributed by atoms with Crippen LogP contribution in [-0.2, 0) is 14.4 Å². The lowest BCUT2D eigenvalue weighted by Crippen LogP contribution is -2.39. The number of carbonyl (C=O) groups is 1. The van der Waals surface area contributed by atoms with E-state index in [0.717, 1.165) is 36.5 Å². The average Bonchev–Trinajstić information content (AvgIpc) is 3.24. The van der Waals surface area contributed by atoms with Gasteiger partial charge in [0.2, 0.25) is 6.10 Å². The second-order valence-electron chi connectivity index (χ2n) is 5.44. The number of amides is 1. The van der Waals surface area contributed by atoms with Crippen LogP contribution >= 0.6 is 0 Å². The second-order valence-corrected chi connectivity index (χ2v) is 5.44. The van der Waals surface area contributed by atoms with Gasteiger partial charge in [0.05, 0.1) is 18.9 Å². The molecule has 2 aliphatic heterocycles. The first-order valence-electron chi connectivity index (χ1n) is 7.52. The molecule has 0 radical (unpaired) electrons. The minimum atomic E-state index is -0.557. The maximum Gasteiger partial charge on any atom is 0.264 e. The summed E-state index contributed by atoms with van der Waals surface area (Å²) in [5.41, 5.74) is 1.72. The fraction of sp³-hybridized carbons (Fsp3) is 0.500. The summed E-state index contributed by atoms with van der Waals surface area (Å²) in [5, 5.41) is 6.90. The van der Waals surface area contributed by atoms with Crippen molar-refractivity contribution < 1.29 is 19.1 Å². The van der Waals surface area contributed by atoms with E-state index in [4.69, 9.17) is 14.3 Å². The fourth-order valence-corrected chi connectivity index (χ4v) is 2.61. The Morgan fingerprint density at radius 3 is 2.91 bits per heavy atom. The van der Waals surface area contributed by atoms with E-state index in [1.54, 1.807) is 7.11 Å². The van der Waals surface area contributed by atoms with Gasteiger partial charge in [-0.25, -0.2) is 0 Å². The molecule has 1 amide bonds. The average molecular weight is 304 g/mol. The minimum Gasteiger partial charge on any atom is -0.497 e. The number of benzene rings is 1. The molecule has 0 aliphatic carbocycles. The molecule has 6 heteroatoms. The van der Waals surface area contributed by atoms with Crippen molar-refractivity contribution in [3.8, 4) is 5.75 Å². The van der Waals surface area contributed by atoms with E-state index in [9.17, 15) is 4.79 Å². The molecule has 6 nitrogen and oxygen atoms in total. The molecule has 0 aromatic heterocycles. The zero-order valence-corrected chi connectivity index (χ0v) is 12.6. The summed E-state index contributed by atoms with van der Waals surface area (Å²) in [7, 11) is 1.62. The highest BCUT2D eigenvalue weighted by Crippen LogP contribution is 2.19. The van der Waals surface area contributed by atoms with Crippen molar-refractivity contribution in [3.05, 3.63) is 29.8 Å². The van der Waals surface area contributed by atoms with E-state index in [1.807, 2.05) is 24.3 Å².